The van der Waals surface area contributed by atoms with Gasteiger partial charge in [-0.3, -0.25) is 10.1 Å². The van der Waals surface area contributed by atoms with E-state index in [0.29, 0.717) is 17.1 Å². The van der Waals surface area contributed by atoms with Gasteiger partial charge in [-0.2, -0.15) is 0 Å². The molecule has 1 atom stereocenters. The van der Waals surface area contributed by atoms with Gasteiger partial charge >= 0.3 is 5.97 Å². The normalized spacial score (nSPS) is 16.4. The van der Waals surface area contributed by atoms with Crippen LogP contribution in [0.25, 0.3) is 23.1 Å². The Morgan fingerprint density at radius 3 is 2.39 bits per heavy atom. The predicted molar refractivity (Wildman–Crippen MR) is 170 cm³/mol. The molecule has 0 saturated carbocycles. The van der Waals surface area contributed by atoms with Gasteiger partial charge in [-0.1, -0.05) is 24.3 Å². The van der Waals surface area contributed by atoms with Crippen LogP contribution in [0.5, 0.6) is 11.5 Å². The Labute approximate surface area is 254 Å². The zero-order valence-electron chi connectivity index (χ0n) is 24.5. The van der Waals surface area contributed by atoms with Gasteiger partial charge in [-0.15, -0.1) is 0 Å². The zero-order chi connectivity index (χ0) is 30.6. The highest BCUT2D eigenvalue weighted by molar-refractivity contribution is 5.98. The third-order valence-corrected chi connectivity index (χ3v) is 8.53. The average Bonchev–Trinajstić information content (AvgIpc) is 3.32. The highest BCUT2D eigenvalue weighted by atomic mass is 16.6. The lowest BCUT2D eigenvalue weighted by Gasteiger charge is -2.37. The largest absolute Gasteiger partial charge is 0.456 e. The van der Waals surface area contributed by atoms with Crippen LogP contribution in [-0.4, -0.2) is 29.0 Å². The van der Waals surface area contributed by atoms with E-state index in [9.17, 15) is 14.9 Å². The summed E-state index contributed by atoms with van der Waals surface area (Å²) in [6.45, 7) is 7.94. The fraction of sp³-hybridized carbons (Fsp3) is 0.167. The van der Waals surface area contributed by atoms with E-state index in [1.165, 1.54) is 12.1 Å². The molecule has 0 bridgehead atoms. The molecule has 0 fully saturated rings. The van der Waals surface area contributed by atoms with Crippen LogP contribution in [0.1, 0.15) is 57.7 Å². The van der Waals surface area contributed by atoms with Gasteiger partial charge in [0.05, 0.1) is 21.7 Å². The molecule has 0 N–H and O–H groups in total. The van der Waals surface area contributed by atoms with Crippen molar-refractivity contribution >= 4 is 40.4 Å². The molecule has 3 heterocycles. The smallest absolute Gasteiger partial charge is 0.340 e. The number of hydrogen-bond donors (Lipinski definition) is 0. The van der Waals surface area contributed by atoms with Crippen molar-refractivity contribution in [2.45, 2.75) is 26.4 Å². The fourth-order valence-electron chi connectivity index (χ4n) is 6.33. The number of esters is 1. The molecule has 44 heavy (non-hydrogen) atoms. The summed E-state index contributed by atoms with van der Waals surface area (Å²) in [4.78, 5) is 31.1. The first-order valence-electron chi connectivity index (χ1n) is 14.6. The molecule has 1 spiro atoms. The second-order valence-electron chi connectivity index (χ2n) is 11.0. The number of benzene rings is 4. The number of pyridine rings is 1. The van der Waals surface area contributed by atoms with Crippen molar-refractivity contribution in [1.29, 1.82) is 0 Å². The van der Waals surface area contributed by atoms with Crippen molar-refractivity contribution < 1.29 is 19.2 Å². The van der Waals surface area contributed by atoms with Crippen LogP contribution in [0.3, 0.4) is 0 Å². The molecule has 1 aromatic heterocycles. The monoisotopic (exact) mass is 583 g/mol. The molecule has 2 aliphatic rings. The van der Waals surface area contributed by atoms with Crippen LogP contribution in [0.2, 0.25) is 0 Å². The number of non-ortho nitro benzene ring substituents is 1. The molecule has 8 nitrogen and oxygen atoms in total. The molecule has 0 saturated heterocycles. The van der Waals surface area contributed by atoms with Gasteiger partial charge in [0.15, 0.2) is 5.60 Å². The lowest BCUT2D eigenvalue weighted by molar-refractivity contribution is -0.384. The van der Waals surface area contributed by atoms with Crippen molar-refractivity contribution in [3.8, 4) is 11.5 Å². The van der Waals surface area contributed by atoms with E-state index >= 15 is 0 Å². The van der Waals surface area contributed by atoms with Crippen LogP contribution in [0, 0.1) is 17.0 Å². The fourth-order valence-corrected chi connectivity index (χ4v) is 6.33. The van der Waals surface area contributed by atoms with Crippen molar-refractivity contribution in [1.82, 2.24) is 4.98 Å². The minimum atomic E-state index is -1.16. The van der Waals surface area contributed by atoms with Crippen molar-refractivity contribution in [2.24, 2.45) is 0 Å². The van der Waals surface area contributed by atoms with Crippen molar-refractivity contribution in [2.75, 3.05) is 18.0 Å². The van der Waals surface area contributed by atoms with E-state index in [0.717, 1.165) is 63.2 Å². The summed E-state index contributed by atoms with van der Waals surface area (Å²) in [5.41, 5.74) is 6.09. The number of aryl methyl sites for hydroxylation is 1. The van der Waals surface area contributed by atoms with Gasteiger partial charge in [0.1, 0.15) is 11.5 Å². The van der Waals surface area contributed by atoms with Crippen LogP contribution < -0.4 is 9.64 Å². The van der Waals surface area contributed by atoms with Crippen molar-refractivity contribution in [3.05, 3.63) is 134 Å². The van der Waals surface area contributed by atoms with Gasteiger partial charge in [0.2, 0.25) is 0 Å². The van der Waals surface area contributed by atoms with E-state index in [2.05, 4.69) is 24.8 Å². The lowest BCUT2D eigenvalue weighted by Crippen LogP contribution is -2.33. The number of carbonyl (C=O) groups is 1. The summed E-state index contributed by atoms with van der Waals surface area (Å²) >= 11 is 0. The molecule has 7 rings (SSSR count). The number of carbonyl (C=O) groups excluding carboxylic acids is 1. The van der Waals surface area contributed by atoms with Gasteiger partial charge < -0.3 is 14.4 Å². The quantitative estimate of drug-likeness (QED) is 0.113. The third-order valence-electron chi connectivity index (χ3n) is 8.53. The molecule has 4 aromatic carbocycles. The van der Waals surface area contributed by atoms with E-state index in [1.54, 1.807) is 12.1 Å². The van der Waals surface area contributed by atoms with Crippen LogP contribution >= 0.6 is 0 Å². The maximum absolute atomic E-state index is 13.3. The Kier molecular flexibility index (Phi) is 6.43. The molecule has 8 heteroatoms. The molecule has 1 unspecified atom stereocenters. The minimum absolute atomic E-state index is 0.0470. The van der Waals surface area contributed by atoms with Crippen LogP contribution in [0.15, 0.2) is 84.9 Å². The summed E-state index contributed by atoms with van der Waals surface area (Å²) in [6, 6.07) is 26.0. The van der Waals surface area contributed by atoms with Crippen LogP contribution in [0.4, 0.5) is 11.4 Å². The van der Waals surface area contributed by atoms with Gasteiger partial charge in [-0.05, 0) is 80.4 Å². The number of aromatic nitrogens is 1. The van der Waals surface area contributed by atoms with Crippen LogP contribution in [-0.2, 0) is 10.3 Å². The SMILES string of the molecule is CCN(CC)c1ccc2c(c1)Oc1cc3nc(C=Cc4ccc([N+](=O)[O-])cc4)cc(C)c3cc1C21OC(=O)c2ccccc21. The molecule has 2 aliphatic heterocycles. The predicted octanol–water partition coefficient (Wildman–Crippen LogP) is 8.04. The summed E-state index contributed by atoms with van der Waals surface area (Å²) in [5.74, 6) is 0.847. The van der Waals surface area contributed by atoms with E-state index in [1.807, 2.05) is 73.7 Å². The first-order valence-corrected chi connectivity index (χ1v) is 14.6. The zero-order valence-corrected chi connectivity index (χ0v) is 24.5. The molecule has 0 radical (unpaired) electrons. The molecule has 218 valence electrons. The number of nitro benzene ring substituents is 1. The molecule has 0 aliphatic carbocycles. The highest BCUT2D eigenvalue weighted by Crippen LogP contribution is 2.57. The topological polar surface area (TPSA) is 94.8 Å². The second-order valence-corrected chi connectivity index (χ2v) is 11.0. The van der Waals surface area contributed by atoms with Gasteiger partial charge in [0, 0.05) is 65.1 Å². The third kappa shape index (κ3) is 4.21. The summed E-state index contributed by atoms with van der Waals surface area (Å²) in [5, 5.41) is 11.9. The Bertz CT molecular complexity index is 2010. The maximum Gasteiger partial charge on any atom is 0.340 e. The summed E-state index contributed by atoms with van der Waals surface area (Å²) < 4.78 is 13.0. The Hall–Kier alpha value is -5.50. The van der Waals surface area contributed by atoms with E-state index in [4.69, 9.17) is 14.5 Å². The number of ether oxygens (including phenoxy) is 2. The van der Waals surface area contributed by atoms with E-state index < -0.39 is 10.5 Å². The van der Waals surface area contributed by atoms with Gasteiger partial charge in [0.25, 0.3) is 5.69 Å². The molecular formula is C36H29N3O5. The Morgan fingerprint density at radius 2 is 1.64 bits per heavy atom. The summed E-state index contributed by atoms with van der Waals surface area (Å²) in [6.07, 6.45) is 3.76. The standard InChI is InChI=1S/C36H29N3O5/c1-4-38(5-2)26-16-17-30-33(19-26)43-34-21-32-28(20-31(34)36(30)29-9-7-6-8-27(29)35(40)44-36)22(3)18-24(37-32)13-10-23-11-14-25(15-12-23)39(41)42/h6-21H,4-5H2,1-3H3. The first kappa shape index (κ1) is 27.3. The highest BCUT2D eigenvalue weighted by Gasteiger charge is 2.53. The number of nitrogens with zero attached hydrogens (tertiary/aromatic N) is 3. The Morgan fingerprint density at radius 1 is 0.886 bits per heavy atom. The number of hydrogen-bond acceptors (Lipinski definition) is 7. The maximum atomic E-state index is 13.3. The number of fused-ring (bicyclic) bond motifs is 7. The molecule has 5 aromatic rings. The lowest BCUT2D eigenvalue weighted by atomic mass is 9.77. The average molecular weight is 584 g/mol. The Balaban J connectivity index is 1.38. The number of rotatable bonds is 6. The van der Waals surface area contributed by atoms with Gasteiger partial charge in [-0.25, -0.2) is 9.78 Å². The molecule has 0 amide bonds. The minimum Gasteiger partial charge on any atom is -0.456 e. The second kappa shape index (κ2) is 10.3. The van der Waals surface area contributed by atoms with E-state index in [-0.39, 0.29) is 11.7 Å². The first-order chi connectivity index (χ1) is 21.3. The molecular weight excluding hydrogens is 554 g/mol. The number of nitro groups is 1. The summed E-state index contributed by atoms with van der Waals surface area (Å²) in [7, 11) is 0. The number of anilines is 1. The van der Waals surface area contributed by atoms with Crippen molar-refractivity contribution in [3.63, 3.8) is 0 Å².